The lowest BCUT2D eigenvalue weighted by atomic mass is 10.0. The summed E-state index contributed by atoms with van der Waals surface area (Å²) in [5, 5.41) is 0. The van der Waals surface area contributed by atoms with Crippen molar-refractivity contribution < 1.29 is 0 Å². The highest BCUT2D eigenvalue weighted by molar-refractivity contribution is 4.51. The topological polar surface area (TPSA) is 0 Å². The minimum atomic E-state index is 1.25. The molecule has 104 valence electrons. The fourth-order valence-corrected chi connectivity index (χ4v) is 1.06. The van der Waals surface area contributed by atoms with E-state index in [9.17, 15) is 0 Å². The lowest BCUT2D eigenvalue weighted by Crippen LogP contribution is -1.85. The van der Waals surface area contributed by atoms with Crippen LogP contribution in [0.1, 0.15) is 107 Å². The fourth-order valence-electron chi connectivity index (χ4n) is 1.06. The third kappa shape index (κ3) is 65.7. The van der Waals surface area contributed by atoms with Gasteiger partial charge in [0.25, 0.3) is 0 Å². The van der Waals surface area contributed by atoms with Crippen LogP contribution in [-0.2, 0) is 0 Å². The summed E-state index contributed by atoms with van der Waals surface area (Å²) >= 11 is 0. The Morgan fingerprint density at radius 3 is 0.562 bits per heavy atom. The molecule has 0 aromatic carbocycles. The number of hydrogen-bond acceptors (Lipinski definition) is 0. The molecule has 0 bridgehead atoms. The van der Waals surface area contributed by atoms with E-state index in [1.54, 1.807) is 0 Å². The van der Waals surface area contributed by atoms with Crippen LogP contribution in [0.3, 0.4) is 0 Å². The lowest BCUT2D eigenvalue weighted by molar-refractivity contribution is 0.504. The Morgan fingerprint density at radius 1 is 0.438 bits per heavy atom. The standard InChI is InChI=1S/C6H12.2C3H8.2C2H6/c1-2-4-6-5-3-1;2*1-3-2;2*1-2/h1-6H2;2*3H2,1-2H3;2*1-2H3. The van der Waals surface area contributed by atoms with Gasteiger partial charge in [-0.15, -0.1) is 0 Å². The molecule has 0 atom stereocenters. The minimum absolute atomic E-state index is 1.25. The summed E-state index contributed by atoms with van der Waals surface area (Å²) in [7, 11) is 0. The van der Waals surface area contributed by atoms with Gasteiger partial charge in [-0.25, -0.2) is 0 Å². The van der Waals surface area contributed by atoms with Crippen molar-refractivity contribution in [1.82, 2.24) is 0 Å². The normalized spacial score (nSPS) is 12.0. The monoisotopic (exact) mass is 232 g/mol. The van der Waals surface area contributed by atoms with Crippen molar-refractivity contribution in [2.45, 2.75) is 107 Å². The van der Waals surface area contributed by atoms with Gasteiger partial charge in [0.05, 0.1) is 0 Å². The van der Waals surface area contributed by atoms with Gasteiger partial charge < -0.3 is 0 Å². The van der Waals surface area contributed by atoms with Crippen LogP contribution in [0.25, 0.3) is 0 Å². The van der Waals surface area contributed by atoms with Crippen LogP contribution in [-0.4, -0.2) is 0 Å². The highest BCUT2D eigenvalue weighted by Gasteiger charge is 1.95. The van der Waals surface area contributed by atoms with E-state index in [1.165, 1.54) is 51.4 Å². The summed E-state index contributed by atoms with van der Waals surface area (Å²) in [6.07, 6.45) is 11.5. The molecule has 0 amide bonds. The van der Waals surface area contributed by atoms with E-state index in [2.05, 4.69) is 27.7 Å². The summed E-state index contributed by atoms with van der Waals surface area (Å²) in [4.78, 5) is 0. The van der Waals surface area contributed by atoms with Crippen molar-refractivity contribution in [3.05, 3.63) is 0 Å². The number of rotatable bonds is 0. The van der Waals surface area contributed by atoms with Crippen molar-refractivity contribution in [2.24, 2.45) is 0 Å². The maximum atomic E-state index is 2.12. The molecule has 0 spiro atoms. The Balaban J connectivity index is -0.0000000630. The summed E-state index contributed by atoms with van der Waals surface area (Å²) in [6.45, 7) is 16.5. The zero-order valence-electron chi connectivity index (χ0n) is 13.7. The SMILES string of the molecule is C1CCCCC1.CC.CC.CCC.CCC. The smallest absolute Gasteiger partial charge is 0.0533 e. The molecule has 0 aromatic rings. The third-order valence-corrected chi connectivity index (χ3v) is 1.50. The first-order valence-electron chi connectivity index (χ1n) is 7.83. The Hall–Kier alpha value is 0. The maximum Gasteiger partial charge on any atom is -0.0533 e. The van der Waals surface area contributed by atoms with Gasteiger partial charge in [-0.1, -0.05) is 107 Å². The van der Waals surface area contributed by atoms with E-state index in [4.69, 9.17) is 0 Å². The van der Waals surface area contributed by atoms with Crippen LogP contribution in [0.4, 0.5) is 0 Å². The first-order chi connectivity index (χ1) is 7.83. The van der Waals surface area contributed by atoms with Crippen molar-refractivity contribution in [3.63, 3.8) is 0 Å². The zero-order chi connectivity index (χ0) is 13.7. The highest BCUT2D eigenvalue weighted by Crippen LogP contribution is 2.15. The molecule has 1 rings (SSSR count). The second-order valence-electron chi connectivity index (χ2n) is 3.54. The van der Waals surface area contributed by atoms with Crippen molar-refractivity contribution in [2.75, 3.05) is 0 Å². The number of hydrogen-bond donors (Lipinski definition) is 0. The second-order valence-corrected chi connectivity index (χ2v) is 3.54. The van der Waals surface area contributed by atoms with E-state index in [0.29, 0.717) is 0 Å². The van der Waals surface area contributed by atoms with Gasteiger partial charge >= 0.3 is 0 Å². The predicted octanol–water partition coefficient (Wildman–Crippen LogP) is 7.23. The molecule has 0 heterocycles. The molecule has 0 radical (unpaired) electrons. The summed E-state index contributed by atoms with van der Waals surface area (Å²) in [6, 6.07) is 0. The average molecular weight is 232 g/mol. The van der Waals surface area contributed by atoms with Crippen molar-refractivity contribution in [1.29, 1.82) is 0 Å². The largest absolute Gasteiger partial charge is 0.0683 e. The molecule has 0 aliphatic heterocycles. The molecule has 0 N–H and O–H groups in total. The molecule has 0 saturated heterocycles. The van der Waals surface area contributed by atoms with Crippen LogP contribution >= 0.6 is 0 Å². The van der Waals surface area contributed by atoms with Gasteiger partial charge in [0.15, 0.2) is 0 Å². The molecular formula is C16H40. The molecular weight excluding hydrogens is 192 g/mol. The molecule has 0 nitrogen and oxygen atoms in total. The average Bonchev–Trinajstić information content (AvgIpc) is 2.38. The minimum Gasteiger partial charge on any atom is -0.0683 e. The molecule has 1 aliphatic carbocycles. The zero-order valence-corrected chi connectivity index (χ0v) is 13.7. The molecule has 16 heavy (non-hydrogen) atoms. The molecule has 1 fully saturated rings. The molecule has 0 unspecified atom stereocenters. The molecule has 0 heteroatoms. The predicted molar refractivity (Wildman–Crippen MR) is 82.3 cm³/mol. The first kappa shape index (κ1) is 25.0. The van der Waals surface area contributed by atoms with E-state index in [-0.39, 0.29) is 0 Å². The maximum absolute atomic E-state index is 2.12. The van der Waals surface area contributed by atoms with Crippen LogP contribution in [0.15, 0.2) is 0 Å². The van der Waals surface area contributed by atoms with Crippen LogP contribution in [0.5, 0.6) is 0 Å². The van der Waals surface area contributed by atoms with Crippen molar-refractivity contribution in [3.8, 4) is 0 Å². The quantitative estimate of drug-likeness (QED) is 0.413. The fraction of sp³-hybridized carbons (Fsp3) is 1.00. The van der Waals surface area contributed by atoms with Crippen LogP contribution < -0.4 is 0 Å². The summed E-state index contributed by atoms with van der Waals surface area (Å²) in [5.41, 5.74) is 0. The Bertz CT molecular complexity index is 30.5. The highest BCUT2D eigenvalue weighted by atomic mass is 14.0. The lowest BCUT2D eigenvalue weighted by Gasteiger charge is -2.05. The summed E-state index contributed by atoms with van der Waals surface area (Å²) < 4.78 is 0. The van der Waals surface area contributed by atoms with Crippen LogP contribution in [0, 0.1) is 0 Å². The van der Waals surface area contributed by atoms with Gasteiger partial charge in [0.1, 0.15) is 0 Å². The van der Waals surface area contributed by atoms with Crippen LogP contribution in [0.2, 0.25) is 0 Å². The Labute approximate surface area is 107 Å². The Kier molecular flexibility index (Phi) is 71.8. The first-order valence-corrected chi connectivity index (χ1v) is 7.83. The second kappa shape index (κ2) is 45.9. The Morgan fingerprint density at radius 2 is 0.500 bits per heavy atom. The van der Waals surface area contributed by atoms with E-state index >= 15 is 0 Å². The van der Waals surface area contributed by atoms with Gasteiger partial charge in [-0.05, 0) is 0 Å². The van der Waals surface area contributed by atoms with E-state index in [1.807, 2.05) is 27.7 Å². The third-order valence-electron chi connectivity index (χ3n) is 1.50. The summed E-state index contributed by atoms with van der Waals surface area (Å²) in [5.74, 6) is 0. The van der Waals surface area contributed by atoms with Crippen molar-refractivity contribution >= 4 is 0 Å². The molecule has 0 aromatic heterocycles. The van der Waals surface area contributed by atoms with Gasteiger partial charge in [0, 0.05) is 0 Å². The van der Waals surface area contributed by atoms with Gasteiger partial charge in [-0.2, -0.15) is 0 Å². The van der Waals surface area contributed by atoms with E-state index < -0.39 is 0 Å². The molecule has 1 aliphatic rings. The van der Waals surface area contributed by atoms with Gasteiger partial charge in [-0.3, -0.25) is 0 Å². The molecule has 1 saturated carbocycles. The van der Waals surface area contributed by atoms with E-state index in [0.717, 1.165) is 0 Å². The van der Waals surface area contributed by atoms with Gasteiger partial charge in [0.2, 0.25) is 0 Å².